The van der Waals surface area contributed by atoms with E-state index in [4.69, 9.17) is 19.4 Å². The van der Waals surface area contributed by atoms with Crippen LogP contribution in [0.3, 0.4) is 0 Å². The van der Waals surface area contributed by atoms with Crippen LogP contribution in [0.25, 0.3) is 30.9 Å². The first-order chi connectivity index (χ1) is 28.0. The Labute approximate surface area is 374 Å². The molecule has 0 aliphatic carbocycles. The lowest BCUT2D eigenvalue weighted by molar-refractivity contribution is 0.297. The first kappa shape index (κ1) is 49.1. The van der Waals surface area contributed by atoms with Crippen LogP contribution in [0.5, 0.6) is 12.0 Å². The Hall–Kier alpha value is -1.60. The third-order valence-corrected chi connectivity index (χ3v) is 16.5. The van der Waals surface area contributed by atoms with Crippen molar-refractivity contribution in [2.75, 3.05) is 130 Å². The minimum atomic E-state index is 0.392. The maximum atomic E-state index is 6.25. The van der Waals surface area contributed by atoms with E-state index >= 15 is 0 Å². The highest BCUT2D eigenvalue weighted by molar-refractivity contribution is 8.03. The Morgan fingerprint density at radius 3 is 1.24 bits per heavy atom. The van der Waals surface area contributed by atoms with Crippen molar-refractivity contribution in [3.05, 3.63) is 48.8 Å². The summed E-state index contributed by atoms with van der Waals surface area (Å²) in [6.45, 7) is 5.65. The van der Waals surface area contributed by atoms with Crippen LogP contribution in [0.15, 0.2) is 48.8 Å². The van der Waals surface area contributed by atoms with Crippen molar-refractivity contribution in [1.29, 1.82) is 0 Å². The zero-order valence-corrected chi connectivity index (χ0v) is 40.8. The molecule has 0 aliphatic rings. The van der Waals surface area contributed by atoms with E-state index in [9.17, 15) is 0 Å². The fourth-order valence-electron chi connectivity index (χ4n) is 5.59. The van der Waals surface area contributed by atoms with Gasteiger partial charge in [0.05, 0.1) is 21.1 Å². The number of ether oxygens (including phenoxy) is 2. The second-order valence-electron chi connectivity index (χ2n) is 15.2. The molecule has 2 unspecified atom stereocenters. The summed E-state index contributed by atoms with van der Waals surface area (Å²) in [7, 11) is 17.1. The zero-order valence-electron chi connectivity index (χ0n) is 35.9. The summed E-state index contributed by atoms with van der Waals surface area (Å²) in [5.41, 5.74) is 1.76. The van der Waals surface area contributed by atoms with E-state index in [1.54, 1.807) is 22.7 Å². The topological polar surface area (TPSA) is 83.0 Å². The van der Waals surface area contributed by atoms with Crippen LogP contribution in [0.1, 0.15) is 25.7 Å². The second-order valence-corrected chi connectivity index (χ2v) is 22.4. The predicted octanol–water partition coefficient (Wildman–Crippen LogP) is 8.63. The minimum Gasteiger partial charge on any atom is -0.462 e. The van der Waals surface area contributed by atoms with Gasteiger partial charge in [-0.2, -0.15) is 57.0 Å². The summed E-state index contributed by atoms with van der Waals surface area (Å²) in [5.74, 6) is 6.69. The summed E-state index contributed by atoms with van der Waals surface area (Å²) >= 11 is 11.5. The Kier molecular flexibility index (Phi) is 23.8. The molecule has 4 aromatic rings. The van der Waals surface area contributed by atoms with Crippen molar-refractivity contribution in [2.45, 2.75) is 36.2 Å². The molecule has 0 saturated heterocycles. The van der Waals surface area contributed by atoms with Gasteiger partial charge in [0.1, 0.15) is 13.2 Å². The lowest BCUT2D eigenvalue weighted by Crippen LogP contribution is -2.20. The normalized spacial score (nSPS) is 13.0. The van der Waals surface area contributed by atoms with E-state index < -0.39 is 0 Å². The highest BCUT2D eigenvalue weighted by atomic mass is 32.2. The van der Waals surface area contributed by atoms with Gasteiger partial charge in [0.15, 0.2) is 0 Å². The number of aromatic nitrogens is 4. The van der Waals surface area contributed by atoms with Crippen molar-refractivity contribution in [3.8, 4) is 42.9 Å². The van der Waals surface area contributed by atoms with Gasteiger partial charge >= 0.3 is 12.0 Å². The van der Waals surface area contributed by atoms with Crippen LogP contribution in [0.4, 0.5) is 0 Å². The molecule has 0 radical (unpaired) electrons. The monoisotopic (exact) mass is 906 g/mol. The first-order valence-electron chi connectivity index (χ1n) is 20.2. The Balaban J connectivity index is 1.33. The molecule has 0 N–H and O–H groups in total. The van der Waals surface area contributed by atoms with Crippen LogP contribution in [0.2, 0.25) is 0 Å². The molecule has 0 bridgehead atoms. The van der Waals surface area contributed by atoms with Crippen molar-refractivity contribution < 1.29 is 9.47 Å². The van der Waals surface area contributed by atoms with Crippen LogP contribution in [-0.4, -0.2) is 180 Å². The van der Waals surface area contributed by atoms with E-state index in [-0.39, 0.29) is 0 Å². The third kappa shape index (κ3) is 19.9. The summed E-state index contributed by atoms with van der Waals surface area (Å²) < 4.78 is 12.5. The fraction of sp³-hybridized carbons (Fsp3) is 0.619. The maximum absolute atomic E-state index is 6.25. The standard InChI is InChI=1S/C42H66N8O2S6/c1-47(2)21-9-25-53-31-33(55-27-11-23-49(5)6)29-51-41-43-19-17-35(45-41)37-13-15-39(57-37)40-16-14-38(58-40)36-18-20-44-42(46-36)52-30-34(56-28-12-24-50(7)8)32-54-26-10-22-48(3)4/h13-20,33-34H,9-12,21-32H2,1-8H3. The molecule has 4 rings (SSSR count). The summed E-state index contributed by atoms with van der Waals surface area (Å²) in [6, 6.07) is 13.5. The minimum absolute atomic E-state index is 0.392. The molecule has 4 heterocycles. The van der Waals surface area contributed by atoms with Gasteiger partial charge in [0.2, 0.25) is 0 Å². The van der Waals surface area contributed by atoms with Gasteiger partial charge in [-0.3, -0.25) is 0 Å². The van der Waals surface area contributed by atoms with Crippen molar-refractivity contribution in [3.63, 3.8) is 0 Å². The third-order valence-electron chi connectivity index (χ3n) is 8.63. The van der Waals surface area contributed by atoms with E-state index in [0.29, 0.717) is 35.7 Å². The molecule has 0 saturated carbocycles. The molecule has 16 heteroatoms. The Morgan fingerprint density at radius 1 is 0.500 bits per heavy atom. The van der Waals surface area contributed by atoms with Gasteiger partial charge in [-0.15, -0.1) is 22.7 Å². The molecule has 0 aromatic carbocycles. The lowest BCUT2D eigenvalue weighted by Gasteiger charge is -2.18. The Morgan fingerprint density at radius 2 is 0.862 bits per heavy atom. The highest BCUT2D eigenvalue weighted by Gasteiger charge is 2.16. The van der Waals surface area contributed by atoms with Crippen molar-refractivity contribution >= 4 is 69.7 Å². The molecule has 0 spiro atoms. The average Bonchev–Trinajstić information content (AvgIpc) is 3.89. The Bertz CT molecular complexity index is 1570. The predicted molar refractivity (Wildman–Crippen MR) is 260 cm³/mol. The largest absolute Gasteiger partial charge is 0.462 e. The summed E-state index contributed by atoms with van der Waals surface area (Å²) in [6.07, 6.45) is 8.35. The molecule has 0 fully saturated rings. The summed E-state index contributed by atoms with van der Waals surface area (Å²) in [4.78, 5) is 32.2. The zero-order chi connectivity index (χ0) is 41.5. The molecule has 2 atom stereocenters. The number of hydrogen-bond acceptors (Lipinski definition) is 16. The fourth-order valence-corrected chi connectivity index (χ4v) is 12.3. The van der Waals surface area contributed by atoms with Gasteiger partial charge in [-0.25, -0.2) is 9.97 Å². The van der Waals surface area contributed by atoms with Gasteiger partial charge in [-0.1, -0.05) is 0 Å². The average molecular weight is 907 g/mol. The maximum Gasteiger partial charge on any atom is 0.316 e. The molecule has 10 nitrogen and oxygen atoms in total. The van der Waals surface area contributed by atoms with Crippen molar-refractivity contribution in [2.24, 2.45) is 0 Å². The number of rotatable bonds is 31. The van der Waals surface area contributed by atoms with Crippen LogP contribution in [0, 0.1) is 0 Å². The van der Waals surface area contributed by atoms with Gasteiger partial charge < -0.3 is 29.1 Å². The van der Waals surface area contributed by atoms with Crippen molar-refractivity contribution in [1.82, 2.24) is 39.5 Å². The summed E-state index contributed by atoms with van der Waals surface area (Å²) in [5, 5.41) is 0.785. The van der Waals surface area contributed by atoms with E-state index in [1.165, 1.54) is 35.4 Å². The SMILES string of the molecule is CN(C)CCCSCC(COc1nccc(-c2ccc(-c3ccc(-c4ccnc(OCC(CSCCCN(C)C)SCCCN(C)C)n4)s3)s2)n1)SCCCN(C)C. The van der Waals surface area contributed by atoms with Crippen LogP contribution < -0.4 is 9.47 Å². The van der Waals surface area contributed by atoms with Gasteiger partial charge in [0.25, 0.3) is 0 Å². The molecule has 58 heavy (non-hydrogen) atoms. The molecular formula is C42H66N8O2S6. The second kappa shape index (κ2) is 28.1. The quantitative estimate of drug-likeness (QED) is 0.0452. The molecule has 322 valence electrons. The highest BCUT2D eigenvalue weighted by Crippen LogP contribution is 2.40. The first-order valence-corrected chi connectivity index (χ1v) is 26.2. The van der Waals surface area contributed by atoms with Crippen LogP contribution >= 0.6 is 69.7 Å². The van der Waals surface area contributed by atoms with Gasteiger partial charge in [-0.05, 0) is 168 Å². The molecular weight excluding hydrogens is 841 g/mol. The van der Waals surface area contributed by atoms with E-state index in [2.05, 4.69) is 110 Å². The van der Waals surface area contributed by atoms with Crippen LogP contribution in [-0.2, 0) is 0 Å². The van der Waals surface area contributed by atoms with E-state index in [1.807, 2.05) is 71.6 Å². The smallest absolute Gasteiger partial charge is 0.316 e. The molecule has 0 aliphatic heterocycles. The lowest BCUT2D eigenvalue weighted by atomic mass is 10.3. The van der Waals surface area contributed by atoms with E-state index in [0.717, 1.165) is 81.8 Å². The number of thioether (sulfide) groups is 4. The molecule has 0 amide bonds. The number of hydrogen-bond donors (Lipinski definition) is 0. The molecule has 4 aromatic heterocycles. The number of thiophene rings is 2. The van der Waals surface area contributed by atoms with Gasteiger partial charge in [0, 0.05) is 44.2 Å². The number of nitrogens with zero attached hydrogens (tertiary/aromatic N) is 8.